The van der Waals surface area contributed by atoms with E-state index in [9.17, 15) is 9.18 Å². The first-order valence-corrected chi connectivity index (χ1v) is 8.63. The van der Waals surface area contributed by atoms with E-state index in [0.717, 1.165) is 17.8 Å². The molecule has 5 nitrogen and oxygen atoms in total. The van der Waals surface area contributed by atoms with Crippen LogP contribution in [0, 0.1) is 5.82 Å². The third-order valence-electron chi connectivity index (χ3n) is 2.93. The molecule has 24 heavy (non-hydrogen) atoms. The van der Waals surface area contributed by atoms with E-state index in [1.165, 1.54) is 12.1 Å². The minimum absolute atomic E-state index is 0.0542. The maximum atomic E-state index is 13.0. The summed E-state index contributed by atoms with van der Waals surface area (Å²) in [7, 11) is 0. The number of carbonyl (C=O) groups excluding carboxylic acids is 1. The van der Waals surface area contributed by atoms with E-state index in [1.807, 2.05) is 0 Å². The predicted octanol–water partition coefficient (Wildman–Crippen LogP) is 4.56. The summed E-state index contributed by atoms with van der Waals surface area (Å²) in [4.78, 5) is 12.0. The van der Waals surface area contributed by atoms with Gasteiger partial charge in [0.25, 0.3) is 0 Å². The van der Waals surface area contributed by atoms with Gasteiger partial charge in [-0.25, -0.2) is 4.39 Å². The molecule has 0 unspecified atom stereocenters. The number of nitrogens with one attached hydrogen (secondary N) is 1. The molecular formula is C14H8Cl3FN4OS. The van der Waals surface area contributed by atoms with Crippen molar-refractivity contribution in [1.29, 1.82) is 0 Å². The number of anilines is 1. The van der Waals surface area contributed by atoms with Crippen LogP contribution in [0.5, 0.6) is 0 Å². The molecule has 0 atom stereocenters. The molecule has 1 aromatic carbocycles. The monoisotopic (exact) mass is 404 g/mol. The molecule has 1 amide bonds. The van der Waals surface area contributed by atoms with Crippen LogP contribution in [0.15, 0.2) is 35.6 Å². The number of fused-ring (bicyclic) bond motifs is 1. The largest absolute Gasteiger partial charge is 0.324 e. The number of carbonyl (C=O) groups is 1. The molecular weight excluding hydrogens is 398 g/mol. The maximum Gasteiger partial charge on any atom is 0.234 e. The summed E-state index contributed by atoms with van der Waals surface area (Å²) in [5.41, 5.74) is 0.784. The van der Waals surface area contributed by atoms with Crippen molar-refractivity contribution in [3.8, 4) is 0 Å². The smallest absolute Gasteiger partial charge is 0.234 e. The van der Waals surface area contributed by atoms with Gasteiger partial charge in [-0.15, -0.1) is 10.2 Å². The van der Waals surface area contributed by atoms with Crippen molar-refractivity contribution in [3.05, 3.63) is 51.3 Å². The molecule has 0 aliphatic heterocycles. The quantitative estimate of drug-likeness (QED) is 0.647. The molecule has 2 heterocycles. The van der Waals surface area contributed by atoms with Gasteiger partial charge in [-0.2, -0.15) is 0 Å². The van der Waals surface area contributed by atoms with E-state index in [2.05, 4.69) is 15.5 Å². The lowest BCUT2D eigenvalue weighted by molar-refractivity contribution is -0.113. The second kappa shape index (κ2) is 7.14. The second-order valence-corrected chi connectivity index (χ2v) is 6.84. The molecule has 0 aliphatic carbocycles. The number of nitrogens with zero attached hydrogens (tertiary/aromatic N) is 3. The van der Waals surface area contributed by atoms with E-state index < -0.39 is 5.82 Å². The van der Waals surface area contributed by atoms with Crippen LogP contribution in [0.25, 0.3) is 5.65 Å². The number of benzene rings is 1. The summed E-state index contributed by atoms with van der Waals surface area (Å²) in [5.74, 6) is -0.743. The number of halogens is 4. The summed E-state index contributed by atoms with van der Waals surface area (Å²) >= 11 is 19.0. The fraction of sp³-hybridized carbons (Fsp3) is 0.0714. The van der Waals surface area contributed by atoms with Gasteiger partial charge in [0.2, 0.25) is 5.91 Å². The van der Waals surface area contributed by atoms with Crippen LogP contribution in [0.3, 0.4) is 0 Å². The van der Waals surface area contributed by atoms with Crippen LogP contribution in [-0.2, 0) is 4.79 Å². The highest BCUT2D eigenvalue weighted by atomic mass is 35.5. The van der Waals surface area contributed by atoms with Gasteiger partial charge in [0.15, 0.2) is 10.8 Å². The second-order valence-electron chi connectivity index (χ2n) is 4.64. The third kappa shape index (κ3) is 3.75. The average molecular weight is 406 g/mol. The zero-order valence-corrected chi connectivity index (χ0v) is 14.8. The molecule has 0 aliphatic rings. The van der Waals surface area contributed by atoms with Gasteiger partial charge in [0, 0.05) is 6.20 Å². The first kappa shape index (κ1) is 17.3. The van der Waals surface area contributed by atoms with Crippen molar-refractivity contribution in [3.63, 3.8) is 0 Å². The Hall–Kier alpha value is -1.54. The summed E-state index contributed by atoms with van der Waals surface area (Å²) in [6.07, 6.45) is 1.61. The van der Waals surface area contributed by atoms with Crippen LogP contribution in [0.4, 0.5) is 10.1 Å². The van der Waals surface area contributed by atoms with Crippen LogP contribution in [-0.4, -0.2) is 26.3 Å². The minimum Gasteiger partial charge on any atom is -0.324 e. The SMILES string of the molecule is O=C(CSc1nnc2c(Cl)cc(Cl)cn12)Nc1ccc(F)cc1Cl. The first-order valence-electron chi connectivity index (χ1n) is 6.51. The molecule has 0 spiro atoms. The lowest BCUT2D eigenvalue weighted by Gasteiger charge is -2.06. The van der Waals surface area contributed by atoms with Crippen molar-refractivity contribution < 1.29 is 9.18 Å². The van der Waals surface area contributed by atoms with E-state index in [1.54, 1.807) is 16.7 Å². The van der Waals surface area contributed by atoms with E-state index in [0.29, 0.717) is 26.5 Å². The van der Waals surface area contributed by atoms with Gasteiger partial charge in [-0.05, 0) is 24.3 Å². The Labute approximate surface area is 155 Å². The Morgan fingerprint density at radius 1 is 1.21 bits per heavy atom. The highest BCUT2D eigenvalue weighted by Gasteiger charge is 2.13. The lowest BCUT2D eigenvalue weighted by atomic mass is 10.3. The molecule has 124 valence electrons. The highest BCUT2D eigenvalue weighted by molar-refractivity contribution is 7.99. The van der Waals surface area contributed by atoms with E-state index >= 15 is 0 Å². The summed E-state index contributed by atoms with van der Waals surface area (Å²) in [5, 5.41) is 11.9. The minimum atomic E-state index is -0.476. The third-order valence-corrected chi connectivity index (χ3v) is 4.67. The van der Waals surface area contributed by atoms with Gasteiger partial charge < -0.3 is 5.32 Å². The molecule has 0 bridgehead atoms. The van der Waals surface area contributed by atoms with Gasteiger partial charge in [-0.1, -0.05) is 46.6 Å². The van der Waals surface area contributed by atoms with Crippen LogP contribution < -0.4 is 5.32 Å². The molecule has 1 N–H and O–H groups in total. The topological polar surface area (TPSA) is 59.3 Å². The molecule has 0 saturated heterocycles. The predicted molar refractivity (Wildman–Crippen MR) is 93.8 cm³/mol. The zero-order chi connectivity index (χ0) is 17.3. The fourth-order valence-electron chi connectivity index (χ4n) is 1.91. The maximum absolute atomic E-state index is 13.0. The summed E-state index contributed by atoms with van der Waals surface area (Å²) < 4.78 is 14.6. The van der Waals surface area contributed by atoms with Crippen molar-refractivity contribution >= 4 is 63.8 Å². The van der Waals surface area contributed by atoms with E-state index in [-0.39, 0.29) is 16.7 Å². The molecule has 0 fully saturated rings. The summed E-state index contributed by atoms with van der Waals surface area (Å²) in [6, 6.07) is 5.29. The van der Waals surface area contributed by atoms with Crippen molar-refractivity contribution in [2.45, 2.75) is 5.16 Å². The van der Waals surface area contributed by atoms with Crippen molar-refractivity contribution in [2.24, 2.45) is 0 Å². The summed E-state index contributed by atoms with van der Waals surface area (Å²) in [6.45, 7) is 0. The molecule has 10 heteroatoms. The van der Waals surface area contributed by atoms with E-state index in [4.69, 9.17) is 34.8 Å². The Kier molecular flexibility index (Phi) is 5.15. The Bertz CT molecular complexity index is 934. The molecule has 2 aromatic heterocycles. The van der Waals surface area contributed by atoms with Crippen LogP contribution in [0.2, 0.25) is 15.1 Å². The standard InChI is InChI=1S/C14H8Cl3FN4OS/c15-7-3-10(17)13-20-21-14(22(13)5-7)24-6-12(23)19-11-2-1-8(18)4-9(11)16/h1-5H,6H2,(H,19,23). The van der Waals surface area contributed by atoms with Crippen molar-refractivity contribution in [2.75, 3.05) is 11.1 Å². The Morgan fingerprint density at radius 3 is 2.75 bits per heavy atom. The fourth-order valence-corrected chi connectivity index (χ4v) is 3.34. The van der Waals surface area contributed by atoms with Crippen LogP contribution >= 0.6 is 46.6 Å². The zero-order valence-electron chi connectivity index (χ0n) is 11.8. The average Bonchev–Trinajstić information content (AvgIpc) is 2.91. The normalized spacial score (nSPS) is 11.0. The molecule has 3 aromatic rings. The number of rotatable bonds is 4. The van der Waals surface area contributed by atoms with Gasteiger partial charge >= 0.3 is 0 Å². The number of aromatic nitrogens is 3. The number of thioether (sulfide) groups is 1. The van der Waals surface area contributed by atoms with Gasteiger partial charge in [0.1, 0.15) is 5.82 Å². The molecule has 3 rings (SSSR count). The lowest BCUT2D eigenvalue weighted by Crippen LogP contribution is -2.14. The molecule has 0 radical (unpaired) electrons. The van der Waals surface area contributed by atoms with Gasteiger partial charge in [0.05, 0.1) is 26.5 Å². The highest BCUT2D eigenvalue weighted by Crippen LogP contribution is 2.26. The number of amides is 1. The Morgan fingerprint density at radius 2 is 2.00 bits per heavy atom. The Balaban J connectivity index is 1.70. The number of hydrogen-bond acceptors (Lipinski definition) is 4. The first-order chi connectivity index (χ1) is 11.4. The van der Waals surface area contributed by atoms with Crippen molar-refractivity contribution in [1.82, 2.24) is 14.6 Å². The molecule has 0 saturated carbocycles. The van der Waals surface area contributed by atoms with Crippen LogP contribution in [0.1, 0.15) is 0 Å². The number of hydrogen-bond donors (Lipinski definition) is 1. The van der Waals surface area contributed by atoms with Gasteiger partial charge in [-0.3, -0.25) is 9.20 Å². The number of pyridine rings is 1.